The average Bonchev–Trinajstić information content (AvgIpc) is 2.23. The maximum absolute atomic E-state index is 13.6. The molecule has 0 aliphatic heterocycles. The lowest BCUT2D eigenvalue weighted by molar-refractivity contribution is 0.272. The van der Waals surface area contributed by atoms with Gasteiger partial charge in [-0.25, -0.2) is 4.39 Å². The second kappa shape index (κ2) is 6.22. The van der Waals surface area contributed by atoms with E-state index in [-0.39, 0.29) is 5.88 Å². The Bertz CT molecular complexity index is 293. The summed E-state index contributed by atoms with van der Waals surface area (Å²) >= 11 is 0. The summed E-state index contributed by atoms with van der Waals surface area (Å²) in [4.78, 5) is 5.81. The molecule has 4 heteroatoms. The summed E-state index contributed by atoms with van der Waals surface area (Å²) in [6.07, 6.45) is 0.537. The topological polar surface area (TPSA) is 24.8 Å². The van der Waals surface area contributed by atoms with Crippen LogP contribution in [-0.4, -0.2) is 31.9 Å². The SMILES string of the molecule is C=C(CC)/C(F)=C(\N=C(/C)N(C)C)OC. The van der Waals surface area contributed by atoms with E-state index in [0.29, 0.717) is 17.8 Å². The molecule has 0 aliphatic rings. The summed E-state index contributed by atoms with van der Waals surface area (Å²) in [5.74, 6) is 0.167. The summed E-state index contributed by atoms with van der Waals surface area (Å²) in [5, 5.41) is 0. The second-order valence-corrected chi connectivity index (χ2v) is 3.33. The molecule has 0 heterocycles. The molecule has 0 saturated heterocycles. The van der Waals surface area contributed by atoms with Crippen LogP contribution in [-0.2, 0) is 4.74 Å². The number of amidine groups is 1. The molecule has 15 heavy (non-hydrogen) atoms. The number of hydrogen-bond donors (Lipinski definition) is 0. The predicted molar refractivity (Wildman–Crippen MR) is 61.4 cm³/mol. The molecule has 0 spiro atoms. The number of methoxy groups -OCH3 is 1. The lowest BCUT2D eigenvalue weighted by atomic mass is 10.2. The largest absolute Gasteiger partial charge is 0.479 e. The summed E-state index contributed by atoms with van der Waals surface area (Å²) < 4.78 is 18.5. The molecule has 0 aromatic rings. The molecular formula is C11H19FN2O. The Morgan fingerprint density at radius 3 is 2.33 bits per heavy atom. The van der Waals surface area contributed by atoms with Crippen molar-refractivity contribution in [3.63, 3.8) is 0 Å². The minimum Gasteiger partial charge on any atom is -0.479 e. The van der Waals surface area contributed by atoms with Gasteiger partial charge in [0.1, 0.15) is 5.84 Å². The van der Waals surface area contributed by atoms with Gasteiger partial charge in [0.15, 0.2) is 5.83 Å². The Labute approximate surface area is 90.9 Å². The van der Waals surface area contributed by atoms with Gasteiger partial charge in [0, 0.05) is 14.1 Å². The Balaban J connectivity index is 5.07. The normalized spacial score (nSPS) is 13.3. The number of nitrogens with zero attached hydrogens (tertiary/aromatic N) is 2. The fourth-order valence-electron chi connectivity index (χ4n) is 0.738. The highest BCUT2D eigenvalue weighted by atomic mass is 19.1. The fraction of sp³-hybridized carbons (Fsp3) is 0.545. The first kappa shape index (κ1) is 13.7. The fourth-order valence-corrected chi connectivity index (χ4v) is 0.738. The van der Waals surface area contributed by atoms with Crippen LogP contribution in [0.15, 0.2) is 28.9 Å². The van der Waals surface area contributed by atoms with Crippen LogP contribution in [0, 0.1) is 0 Å². The highest BCUT2D eigenvalue weighted by molar-refractivity contribution is 5.80. The van der Waals surface area contributed by atoms with Gasteiger partial charge in [-0.15, -0.1) is 0 Å². The zero-order valence-corrected chi connectivity index (χ0v) is 10.1. The Hall–Kier alpha value is -1.32. The van der Waals surface area contributed by atoms with Crippen molar-refractivity contribution in [2.75, 3.05) is 21.2 Å². The van der Waals surface area contributed by atoms with Gasteiger partial charge in [-0.05, 0) is 18.9 Å². The number of ether oxygens (including phenoxy) is 1. The standard InChI is InChI=1S/C11H19FN2O/c1-7-8(2)10(12)11(15-6)13-9(3)14(4)5/h2,7H2,1,3-6H3/b11-10-,13-9+. The first-order chi connectivity index (χ1) is 6.93. The Kier molecular flexibility index (Phi) is 5.67. The van der Waals surface area contributed by atoms with Crippen molar-refractivity contribution in [1.82, 2.24) is 4.90 Å². The number of rotatable bonds is 4. The third-order valence-electron chi connectivity index (χ3n) is 2.03. The van der Waals surface area contributed by atoms with E-state index in [1.165, 1.54) is 7.11 Å². The summed E-state index contributed by atoms with van der Waals surface area (Å²) in [5.41, 5.74) is 0.391. The van der Waals surface area contributed by atoms with Crippen LogP contribution in [0.1, 0.15) is 20.3 Å². The van der Waals surface area contributed by atoms with Crippen molar-refractivity contribution >= 4 is 5.84 Å². The van der Waals surface area contributed by atoms with Gasteiger partial charge in [-0.1, -0.05) is 13.5 Å². The molecule has 0 radical (unpaired) electrons. The zero-order valence-electron chi connectivity index (χ0n) is 10.1. The summed E-state index contributed by atoms with van der Waals surface area (Å²) in [6.45, 7) is 7.21. The van der Waals surface area contributed by atoms with E-state index in [0.717, 1.165) is 0 Å². The molecule has 0 saturated carbocycles. The maximum atomic E-state index is 13.6. The monoisotopic (exact) mass is 214 g/mol. The number of halogens is 1. The van der Waals surface area contributed by atoms with Crippen LogP contribution in [0.3, 0.4) is 0 Å². The molecule has 86 valence electrons. The molecule has 0 N–H and O–H groups in total. The Morgan fingerprint density at radius 1 is 1.47 bits per heavy atom. The number of hydrogen-bond acceptors (Lipinski definition) is 2. The first-order valence-electron chi connectivity index (χ1n) is 4.78. The van der Waals surface area contributed by atoms with E-state index in [2.05, 4.69) is 11.6 Å². The highest BCUT2D eigenvalue weighted by Gasteiger charge is 2.09. The predicted octanol–water partition coefficient (Wildman–Crippen LogP) is 2.72. The van der Waals surface area contributed by atoms with Gasteiger partial charge >= 0.3 is 0 Å². The van der Waals surface area contributed by atoms with Gasteiger partial charge < -0.3 is 9.64 Å². The molecule has 0 aliphatic carbocycles. The van der Waals surface area contributed by atoms with E-state index in [4.69, 9.17) is 4.74 Å². The van der Waals surface area contributed by atoms with Gasteiger partial charge in [-0.2, -0.15) is 4.99 Å². The van der Waals surface area contributed by atoms with Gasteiger partial charge in [0.05, 0.1) is 7.11 Å². The maximum Gasteiger partial charge on any atom is 0.252 e. The minimum absolute atomic E-state index is 0.0203. The number of allylic oxidation sites excluding steroid dienone is 2. The molecule has 0 atom stereocenters. The van der Waals surface area contributed by atoms with Crippen molar-refractivity contribution in [3.05, 3.63) is 23.9 Å². The number of aliphatic imine (C=N–C) groups is 1. The van der Waals surface area contributed by atoms with Crippen molar-refractivity contribution in [2.24, 2.45) is 4.99 Å². The van der Waals surface area contributed by atoms with Crippen molar-refractivity contribution in [2.45, 2.75) is 20.3 Å². The molecule has 0 unspecified atom stereocenters. The third-order valence-corrected chi connectivity index (χ3v) is 2.03. The van der Waals surface area contributed by atoms with E-state index >= 15 is 0 Å². The molecule has 0 amide bonds. The van der Waals surface area contributed by atoms with Crippen LogP contribution in [0.2, 0.25) is 0 Å². The van der Waals surface area contributed by atoms with Crippen molar-refractivity contribution in [1.29, 1.82) is 0 Å². The van der Waals surface area contributed by atoms with Crippen LogP contribution >= 0.6 is 0 Å². The second-order valence-electron chi connectivity index (χ2n) is 3.33. The average molecular weight is 214 g/mol. The smallest absolute Gasteiger partial charge is 0.252 e. The zero-order chi connectivity index (χ0) is 12.0. The highest BCUT2D eigenvalue weighted by Crippen LogP contribution is 2.19. The molecular weight excluding hydrogens is 195 g/mol. The summed E-state index contributed by atoms with van der Waals surface area (Å²) in [6, 6.07) is 0. The van der Waals surface area contributed by atoms with E-state index in [1.54, 1.807) is 11.8 Å². The molecule has 0 aromatic carbocycles. The molecule has 0 fully saturated rings. The van der Waals surface area contributed by atoms with Gasteiger partial charge in [0.2, 0.25) is 0 Å². The van der Waals surface area contributed by atoms with E-state index in [1.807, 2.05) is 21.0 Å². The third kappa shape index (κ3) is 4.14. The van der Waals surface area contributed by atoms with Gasteiger partial charge in [0.25, 0.3) is 5.88 Å². The first-order valence-corrected chi connectivity index (χ1v) is 4.78. The molecule has 0 aromatic heterocycles. The quantitative estimate of drug-likeness (QED) is 0.311. The van der Waals surface area contributed by atoms with E-state index in [9.17, 15) is 4.39 Å². The van der Waals surface area contributed by atoms with Crippen LogP contribution in [0.25, 0.3) is 0 Å². The lowest BCUT2D eigenvalue weighted by Gasteiger charge is -2.12. The molecule has 3 nitrogen and oxygen atoms in total. The molecule has 0 bridgehead atoms. The molecule has 0 rings (SSSR count). The van der Waals surface area contributed by atoms with Crippen molar-refractivity contribution < 1.29 is 9.13 Å². The van der Waals surface area contributed by atoms with Gasteiger partial charge in [-0.3, -0.25) is 0 Å². The van der Waals surface area contributed by atoms with Crippen molar-refractivity contribution in [3.8, 4) is 0 Å². The van der Waals surface area contributed by atoms with Crippen LogP contribution in [0.5, 0.6) is 0 Å². The lowest BCUT2D eigenvalue weighted by Crippen LogP contribution is -2.18. The summed E-state index contributed by atoms with van der Waals surface area (Å²) in [7, 11) is 5.06. The minimum atomic E-state index is -0.485. The van der Waals surface area contributed by atoms with Crippen LogP contribution in [0.4, 0.5) is 4.39 Å². The Morgan fingerprint density at radius 2 is 2.00 bits per heavy atom. The van der Waals surface area contributed by atoms with E-state index < -0.39 is 5.83 Å². The van der Waals surface area contributed by atoms with Crippen LogP contribution < -0.4 is 0 Å².